The summed E-state index contributed by atoms with van der Waals surface area (Å²) in [5, 5.41) is 10.2. The lowest BCUT2D eigenvalue weighted by molar-refractivity contribution is -0.142. The number of pyridine rings is 1. The molecule has 1 N–H and O–H groups in total. The van der Waals surface area contributed by atoms with Crippen LogP contribution in [0.25, 0.3) is 5.52 Å². The van der Waals surface area contributed by atoms with Crippen LogP contribution in [0.1, 0.15) is 49.4 Å². The minimum atomic E-state index is -0.486. The second-order valence-electron chi connectivity index (χ2n) is 6.20. The van der Waals surface area contributed by atoms with Crippen LogP contribution in [0.3, 0.4) is 0 Å². The van der Waals surface area contributed by atoms with Gasteiger partial charge in [0.1, 0.15) is 0 Å². The number of carbonyl (C=O) groups excluding carboxylic acids is 1. The Morgan fingerprint density at radius 2 is 2.26 bits per heavy atom. The lowest BCUT2D eigenvalue weighted by atomic mass is 9.84. The van der Waals surface area contributed by atoms with Crippen LogP contribution in [0, 0.1) is 5.95 Å². The average molecular weight is 319 g/mol. The molecule has 0 aromatic carbocycles. The number of hydrogen-bond acceptors (Lipinski definition) is 3. The normalized spacial score (nSPS) is 20.5. The highest BCUT2D eigenvalue weighted by Crippen LogP contribution is 2.38. The smallest absolute Gasteiger partial charge is 0.310 e. The molecular formula is C18H22FNO3. The van der Waals surface area contributed by atoms with Crippen molar-refractivity contribution in [2.45, 2.75) is 51.6 Å². The summed E-state index contributed by atoms with van der Waals surface area (Å²) < 4.78 is 21.1. The molecule has 0 saturated carbocycles. The lowest BCUT2D eigenvalue weighted by Gasteiger charge is -2.26. The zero-order valence-corrected chi connectivity index (χ0v) is 13.5. The van der Waals surface area contributed by atoms with E-state index in [9.17, 15) is 14.3 Å². The highest BCUT2D eigenvalue weighted by Gasteiger charge is 2.32. The summed E-state index contributed by atoms with van der Waals surface area (Å²) in [5.74, 6) is -0.818. The van der Waals surface area contributed by atoms with Crippen LogP contribution in [-0.2, 0) is 22.4 Å². The average Bonchev–Trinajstić information content (AvgIpc) is 2.85. The number of esters is 1. The number of rotatable bonds is 4. The van der Waals surface area contributed by atoms with E-state index in [0.29, 0.717) is 25.0 Å². The molecule has 2 aromatic heterocycles. The van der Waals surface area contributed by atoms with Crippen LogP contribution in [0.2, 0.25) is 0 Å². The van der Waals surface area contributed by atoms with Gasteiger partial charge in [-0.15, -0.1) is 0 Å². The van der Waals surface area contributed by atoms with E-state index in [4.69, 9.17) is 4.74 Å². The van der Waals surface area contributed by atoms with E-state index in [-0.39, 0.29) is 24.3 Å². The molecule has 0 saturated heterocycles. The summed E-state index contributed by atoms with van der Waals surface area (Å²) in [6.07, 6.45) is 1.71. The van der Waals surface area contributed by atoms with Gasteiger partial charge in [0.05, 0.1) is 24.6 Å². The molecule has 1 aliphatic carbocycles. The summed E-state index contributed by atoms with van der Waals surface area (Å²) >= 11 is 0. The molecule has 3 rings (SSSR count). The van der Waals surface area contributed by atoms with Gasteiger partial charge in [0, 0.05) is 11.6 Å². The molecule has 0 radical (unpaired) electrons. The number of ether oxygens (including phenoxy) is 1. The Morgan fingerprint density at radius 3 is 3.00 bits per heavy atom. The van der Waals surface area contributed by atoms with E-state index >= 15 is 0 Å². The SMILES string of the molecule is CCCOC(=O)Cc1c2c(n3c(F)cccc13)C(C)C(O)CC2. The fourth-order valence-electron chi connectivity index (χ4n) is 3.50. The Hall–Kier alpha value is -1.88. The minimum Gasteiger partial charge on any atom is -0.465 e. The Bertz CT molecular complexity index is 737. The zero-order chi connectivity index (χ0) is 16.6. The van der Waals surface area contributed by atoms with E-state index in [0.717, 1.165) is 23.2 Å². The van der Waals surface area contributed by atoms with Crippen molar-refractivity contribution in [2.24, 2.45) is 0 Å². The number of nitrogens with zero attached hydrogens (tertiary/aromatic N) is 1. The van der Waals surface area contributed by atoms with Crippen LogP contribution in [-0.4, -0.2) is 28.2 Å². The van der Waals surface area contributed by atoms with E-state index in [1.54, 1.807) is 10.5 Å². The highest BCUT2D eigenvalue weighted by molar-refractivity contribution is 5.78. The van der Waals surface area contributed by atoms with Gasteiger partial charge in [-0.25, -0.2) is 0 Å². The van der Waals surface area contributed by atoms with Crippen molar-refractivity contribution in [1.82, 2.24) is 4.40 Å². The number of fused-ring (bicyclic) bond motifs is 3. The van der Waals surface area contributed by atoms with Gasteiger partial charge in [0.15, 0.2) is 5.95 Å². The summed E-state index contributed by atoms with van der Waals surface area (Å²) in [7, 11) is 0. The third-order valence-corrected chi connectivity index (χ3v) is 4.65. The molecule has 1 aliphatic rings. The van der Waals surface area contributed by atoms with Gasteiger partial charge in [-0.3, -0.25) is 9.20 Å². The third-order valence-electron chi connectivity index (χ3n) is 4.65. The first-order valence-electron chi connectivity index (χ1n) is 8.18. The van der Waals surface area contributed by atoms with E-state index in [2.05, 4.69) is 0 Å². The van der Waals surface area contributed by atoms with Gasteiger partial charge in [-0.05, 0) is 42.5 Å². The Morgan fingerprint density at radius 1 is 1.48 bits per heavy atom. The van der Waals surface area contributed by atoms with Gasteiger partial charge in [0.2, 0.25) is 0 Å². The largest absolute Gasteiger partial charge is 0.465 e. The van der Waals surface area contributed by atoms with E-state index in [1.165, 1.54) is 6.07 Å². The number of carbonyl (C=O) groups is 1. The first kappa shape index (κ1) is 16.0. The molecule has 0 amide bonds. The van der Waals surface area contributed by atoms with E-state index < -0.39 is 6.10 Å². The monoisotopic (exact) mass is 319 g/mol. The zero-order valence-electron chi connectivity index (χ0n) is 13.5. The Kier molecular flexibility index (Phi) is 4.39. The maximum atomic E-state index is 14.4. The number of hydrogen-bond donors (Lipinski definition) is 1. The highest BCUT2D eigenvalue weighted by atomic mass is 19.1. The number of aliphatic hydroxyl groups excluding tert-OH is 1. The van der Waals surface area contributed by atoms with Gasteiger partial charge >= 0.3 is 5.97 Å². The second-order valence-corrected chi connectivity index (χ2v) is 6.20. The maximum Gasteiger partial charge on any atom is 0.310 e. The molecule has 2 aromatic rings. The number of halogens is 1. The van der Waals surface area contributed by atoms with Gasteiger partial charge in [-0.2, -0.15) is 4.39 Å². The van der Waals surface area contributed by atoms with Crippen molar-refractivity contribution in [3.63, 3.8) is 0 Å². The molecule has 2 atom stereocenters. The molecule has 2 heterocycles. The molecule has 0 bridgehead atoms. The van der Waals surface area contributed by atoms with Crippen molar-refractivity contribution < 1.29 is 19.0 Å². The second kappa shape index (κ2) is 6.32. The van der Waals surface area contributed by atoms with Gasteiger partial charge in [-0.1, -0.05) is 19.9 Å². The molecule has 0 spiro atoms. The first-order valence-corrected chi connectivity index (χ1v) is 8.18. The summed E-state index contributed by atoms with van der Waals surface area (Å²) in [5.41, 5.74) is 3.31. The molecule has 0 aliphatic heterocycles. The lowest BCUT2D eigenvalue weighted by Crippen LogP contribution is -2.24. The fourth-order valence-corrected chi connectivity index (χ4v) is 3.50. The van der Waals surface area contributed by atoms with Crippen molar-refractivity contribution in [3.8, 4) is 0 Å². The number of aromatic nitrogens is 1. The summed E-state index contributed by atoms with van der Waals surface area (Å²) in [6, 6.07) is 4.88. The third kappa shape index (κ3) is 2.74. The topological polar surface area (TPSA) is 50.9 Å². The predicted octanol–water partition coefficient (Wildman–Crippen LogP) is 2.98. The molecule has 124 valence electrons. The standard InChI is InChI=1S/C18H22FNO3/c1-3-9-23-17(22)10-13-12-7-8-15(21)11(2)18(12)20-14(13)5-4-6-16(20)19/h4-6,11,15,21H,3,7-10H2,1-2H3. The van der Waals surface area contributed by atoms with Crippen LogP contribution in [0.5, 0.6) is 0 Å². The summed E-state index contributed by atoms with van der Waals surface area (Å²) in [6.45, 7) is 4.25. The molecule has 2 unspecified atom stereocenters. The van der Waals surface area contributed by atoms with Crippen molar-refractivity contribution in [1.29, 1.82) is 0 Å². The van der Waals surface area contributed by atoms with E-state index in [1.807, 2.05) is 19.9 Å². The quantitative estimate of drug-likeness (QED) is 0.696. The summed E-state index contributed by atoms with van der Waals surface area (Å²) in [4.78, 5) is 12.1. The molecule has 0 fully saturated rings. The Labute approximate surface area is 134 Å². The van der Waals surface area contributed by atoms with Crippen LogP contribution >= 0.6 is 0 Å². The van der Waals surface area contributed by atoms with Crippen LogP contribution in [0.15, 0.2) is 18.2 Å². The van der Waals surface area contributed by atoms with Crippen molar-refractivity contribution in [2.75, 3.05) is 6.61 Å². The fraction of sp³-hybridized carbons (Fsp3) is 0.500. The maximum absolute atomic E-state index is 14.4. The van der Waals surface area contributed by atoms with Gasteiger partial charge < -0.3 is 9.84 Å². The van der Waals surface area contributed by atoms with Crippen molar-refractivity contribution in [3.05, 3.63) is 41.0 Å². The first-order chi connectivity index (χ1) is 11.0. The predicted molar refractivity (Wildman–Crippen MR) is 85.1 cm³/mol. The van der Waals surface area contributed by atoms with Crippen LogP contribution in [0.4, 0.5) is 4.39 Å². The molecule has 5 heteroatoms. The number of aliphatic hydroxyl groups is 1. The van der Waals surface area contributed by atoms with Crippen LogP contribution < -0.4 is 0 Å². The minimum absolute atomic E-state index is 0.144. The van der Waals surface area contributed by atoms with Crippen molar-refractivity contribution >= 4 is 11.5 Å². The van der Waals surface area contributed by atoms with Gasteiger partial charge in [0.25, 0.3) is 0 Å². The molecular weight excluding hydrogens is 297 g/mol. The molecule has 4 nitrogen and oxygen atoms in total. The Balaban J connectivity index is 2.11. The molecule has 23 heavy (non-hydrogen) atoms.